The van der Waals surface area contributed by atoms with Gasteiger partial charge in [-0.15, -0.1) is 0 Å². The zero-order valence-corrected chi connectivity index (χ0v) is 19.2. The van der Waals surface area contributed by atoms with E-state index in [-0.39, 0.29) is 53.8 Å². The van der Waals surface area contributed by atoms with Gasteiger partial charge in [-0.25, -0.2) is 4.39 Å². The second kappa shape index (κ2) is 12.3. The van der Waals surface area contributed by atoms with Crippen molar-refractivity contribution in [3.63, 3.8) is 0 Å². The molecule has 1 aliphatic heterocycles. The minimum Gasteiger partial charge on any atom is -0.550 e. The van der Waals surface area contributed by atoms with Crippen LogP contribution < -0.4 is 34.7 Å². The maximum atomic E-state index is 14.9. The number of halogens is 1. The number of ether oxygens (including phenoxy) is 1. The number of carbonyl (C=O) groups excluding carboxylic acids is 1. The molecule has 1 aliphatic carbocycles. The van der Waals surface area contributed by atoms with Crippen molar-refractivity contribution in [1.29, 1.82) is 0 Å². The molecule has 28 heavy (non-hydrogen) atoms. The Morgan fingerprint density at radius 1 is 1.43 bits per heavy atom. The Morgan fingerprint density at radius 3 is 2.79 bits per heavy atom. The van der Waals surface area contributed by atoms with Gasteiger partial charge in [-0.2, -0.15) is 0 Å². The van der Waals surface area contributed by atoms with Crippen LogP contribution in [0.1, 0.15) is 58.8 Å². The molecule has 2 aliphatic rings. The average molecular weight is 406 g/mol. The molecule has 154 valence electrons. The van der Waals surface area contributed by atoms with Crippen LogP contribution in [0.5, 0.6) is 0 Å². The topological polar surface area (TPSA) is 89.8 Å². The van der Waals surface area contributed by atoms with Crippen LogP contribution in [0.25, 0.3) is 0 Å². The van der Waals surface area contributed by atoms with Crippen LogP contribution in [0.3, 0.4) is 0 Å². The third-order valence-corrected chi connectivity index (χ3v) is 5.75. The zero-order valence-electron chi connectivity index (χ0n) is 17.2. The molecular weight excluding hydrogens is 374 g/mol. The maximum absolute atomic E-state index is 14.9. The first-order valence-electron chi connectivity index (χ1n) is 10.1. The number of fused-ring (bicyclic) bond motifs is 1. The van der Waals surface area contributed by atoms with E-state index in [1.807, 2.05) is 6.92 Å². The molecule has 2 N–H and O–H groups in total. The Kier molecular flexibility index (Phi) is 11.3. The van der Waals surface area contributed by atoms with Crippen molar-refractivity contribution >= 4 is 5.97 Å². The molecule has 2 unspecified atom stereocenters. The fourth-order valence-corrected chi connectivity index (χ4v) is 4.03. The molecule has 0 aromatic heterocycles. The minimum atomic E-state index is -1.32. The number of alkyl halides is 1. The smallest absolute Gasteiger partial charge is 0.550 e. The first-order chi connectivity index (χ1) is 12.8. The summed E-state index contributed by atoms with van der Waals surface area (Å²) in [6.07, 6.45) is 6.19. The Hall–Kier alpha value is -0.400. The fourth-order valence-electron chi connectivity index (χ4n) is 4.03. The molecular formula is C21H32FNaO5. The van der Waals surface area contributed by atoms with Crippen LogP contribution >= 0.6 is 0 Å². The summed E-state index contributed by atoms with van der Waals surface area (Å²) in [6.45, 7) is 4.10. The molecule has 0 bridgehead atoms. The molecule has 2 fully saturated rings. The van der Waals surface area contributed by atoms with Crippen LogP contribution in [0.2, 0.25) is 0 Å². The van der Waals surface area contributed by atoms with Gasteiger partial charge in [0.15, 0.2) is 6.17 Å². The summed E-state index contributed by atoms with van der Waals surface area (Å²) < 4.78 is 20.6. The molecule has 0 aromatic carbocycles. The van der Waals surface area contributed by atoms with E-state index in [0.717, 1.165) is 19.3 Å². The standard InChI is InChI=1S/C21H33FO5.Na/c1-3-4-7-13(2)15(23)11-10-14-16(24)12-18-20(14)21(22)17(27-18)8-5-6-9-19(25)26;/h8,10-11,13-16,18,20-21,23-24H,3-7,9,12H2,1-2H3,(H,25,26);/q;+1/p-1/b11-10+,17-8-;/t13?,14-,15-,16+,18+,20+,21?;/m0./s1. The van der Waals surface area contributed by atoms with E-state index in [0.29, 0.717) is 19.3 Å². The number of hydrogen-bond donors (Lipinski definition) is 2. The van der Waals surface area contributed by atoms with Crippen LogP contribution in [0.4, 0.5) is 4.39 Å². The van der Waals surface area contributed by atoms with Gasteiger partial charge in [0.1, 0.15) is 11.9 Å². The first-order valence-corrected chi connectivity index (χ1v) is 10.1. The summed E-state index contributed by atoms with van der Waals surface area (Å²) >= 11 is 0. The molecule has 5 nitrogen and oxygen atoms in total. The van der Waals surface area contributed by atoms with Crippen molar-refractivity contribution in [2.45, 2.75) is 83.3 Å². The largest absolute Gasteiger partial charge is 1.00 e. The van der Waals surface area contributed by atoms with Gasteiger partial charge in [-0.1, -0.05) is 38.8 Å². The number of carboxylic acids is 1. The third-order valence-electron chi connectivity index (χ3n) is 5.75. The Labute approximate surface area is 189 Å². The predicted octanol–water partition coefficient (Wildman–Crippen LogP) is -0.728. The Morgan fingerprint density at radius 2 is 2.14 bits per heavy atom. The predicted molar refractivity (Wildman–Crippen MR) is 98.1 cm³/mol. The van der Waals surface area contributed by atoms with Crippen LogP contribution in [0, 0.1) is 17.8 Å². The summed E-state index contributed by atoms with van der Waals surface area (Å²) in [6, 6.07) is 0. The zero-order chi connectivity index (χ0) is 20.0. The number of hydrogen-bond acceptors (Lipinski definition) is 5. The van der Waals surface area contributed by atoms with Gasteiger partial charge >= 0.3 is 29.6 Å². The van der Waals surface area contributed by atoms with Crippen molar-refractivity contribution in [3.05, 3.63) is 24.0 Å². The van der Waals surface area contributed by atoms with E-state index in [1.54, 1.807) is 18.2 Å². The van der Waals surface area contributed by atoms with E-state index in [2.05, 4.69) is 6.92 Å². The van der Waals surface area contributed by atoms with Crippen molar-refractivity contribution in [2.24, 2.45) is 17.8 Å². The minimum absolute atomic E-state index is 0. The van der Waals surface area contributed by atoms with Crippen LogP contribution in [0.15, 0.2) is 24.0 Å². The quantitative estimate of drug-likeness (QED) is 0.284. The van der Waals surface area contributed by atoms with Crippen molar-refractivity contribution in [3.8, 4) is 0 Å². The number of aliphatic carboxylic acids is 1. The molecule has 0 amide bonds. The third kappa shape index (κ3) is 6.84. The van der Waals surface area contributed by atoms with Gasteiger partial charge in [-0.3, -0.25) is 0 Å². The summed E-state index contributed by atoms with van der Waals surface area (Å²) in [5.41, 5.74) is 0. The first kappa shape index (κ1) is 25.6. The summed E-state index contributed by atoms with van der Waals surface area (Å²) in [5.74, 6) is -1.62. The van der Waals surface area contributed by atoms with E-state index in [4.69, 9.17) is 4.74 Å². The molecule has 1 saturated heterocycles. The number of unbranched alkanes of at least 4 members (excludes halogenated alkanes) is 2. The maximum Gasteiger partial charge on any atom is 1.00 e. The van der Waals surface area contributed by atoms with Crippen LogP contribution in [-0.4, -0.2) is 40.7 Å². The SMILES string of the molecule is CCCCC(C)[C@@H](O)/C=C/[C@@H]1[C@H]2C(F)/C(=C/CCCC(=O)[O-])O[C@@H]2C[C@H]1O.[Na+]. The van der Waals surface area contributed by atoms with Gasteiger partial charge < -0.3 is 24.9 Å². The summed E-state index contributed by atoms with van der Waals surface area (Å²) in [5, 5.41) is 31.0. The second-order valence-corrected chi connectivity index (χ2v) is 7.88. The van der Waals surface area contributed by atoms with Gasteiger partial charge in [0.25, 0.3) is 0 Å². The molecule has 1 saturated carbocycles. The molecule has 1 heterocycles. The van der Waals surface area contributed by atoms with E-state index in [1.165, 1.54) is 0 Å². The van der Waals surface area contributed by atoms with Gasteiger partial charge in [-0.05, 0) is 37.7 Å². The Balaban J connectivity index is 0.00000392. The van der Waals surface area contributed by atoms with Crippen molar-refractivity contribution < 1.29 is 58.8 Å². The molecule has 2 rings (SSSR count). The molecule has 7 atom stereocenters. The number of carboxylic acid groups (broad SMARTS) is 1. The van der Waals surface area contributed by atoms with E-state index >= 15 is 0 Å². The monoisotopic (exact) mass is 406 g/mol. The molecule has 0 radical (unpaired) electrons. The Bertz CT molecular complexity index is 553. The second-order valence-electron chi connectivity index (χ2n) is 7.88. The summed E-state index contributed by atoms with van der Waals surface area (Å²) in [4.78, 5) is 10.4. The fraction of sp³-hybridized carbons (Fsp3) is 0.762. The van der Waals surface area contributed by atoms with Gasteiger partial charge in [0, 0.05) is 24.2 Å². The number of aliphatic hydroxyl groups is 2. The van der Waals surface area contributed by atoms with Gasteiger partial charge in [0.05, 0.1) is 12.2 Å². The molecule has 0 aromatic rings. The summed E-state index contributed by atoms with van der Waals surface area (Å²) in [7, 11) is 0. The number of rotatable bonds is 10. The van der Waals surface area contributed by atoms with Gasteiger partial charge in [0.2, 0.25) is 0 Å². The van der Waals surface area contributed by atoms with Crippen molar-refractivity contribution in [2.75, 3.05) is 0 Å². The molecule has 7 heteroatoms. The number of allylic oxidation sites excluding steroid dienone is 2. The van der Waals surface area contributed by atoms with E-state index in [9.17, 15) is 24.5 Å². The normalized spacial score (nSPS) is 32.8. The van der Waals surface area contributed by atoms with E-state index < -0.39 is 36.2 Å². The van der Waals surface area contributed by atoms with Crippen LogP contribution in [-0.2, 0) is 9.53 Å². The average Bonchev–Trinajstić information content (AvgIpc) is 3.09. The number of aliphatic hydroxyl groups excluding tert-OH is 2. The molecule has 0 spiro atoms. The number of carbonyl (C=O) groups is 1. The van der Waals surface area contributed by atoms with Crippen molar-refractivity contribution in [1.82, 2.24) is 0 Å².